The Balaban J connectivity index is 2.67. The van der Waals surface area contributed by atoms with Crippen LogP contribution in [-0.2, 0) is 0 Å². The second kappa shape index (κ2) is 4.53. The summed E-state index contributed by atoms with van der Waals surface area (Å²) in [4.78, 5) is 0. The average molecular weight is 280 g/mol. The maximum atomic E-state index is 10.0. The number of hydrogen-bond donors (Lipinski definition) is 2. The van der Waals surface area contributed by atoms with Crippen LogP contribution in [0.2, 0.25) is 0 Å². The highest BCUT2D eigenvalue weighted by Gasteiger charge is 2.15. The Hall–Kier alpha value is -0.900. The first kappa shape index (κ1) is 11.6. The zero-order valence-corrected chi connectivity index (χ0v) is 10.6. The van der Waals surface area contributed by atoms with Gasteiger partial charge in [0.05, 0.1) is 6.10 Å². The smallest absolute Gasteiger partial charge is 0.0944 e. The summed E-state index contributed by atoms with van der Waals surface area (Å²) in [5.41, 5.74) is 6.62. The lowest BCUT2D eigenvalue weighted by molar-refractivity contribution is 0.155. The van der Waals surface area contributed by atoms with Gasteiger partial charge in [0.15, 0.2) is 0 Å². The fourth-order valence-electron chi connectivity index (χ4n) is 1.84. The van der Waals surface area contributed by atoms with Crippen molar-refractivity contribution in [3.8, 4) is 0 Å². The molecule has 3 N–H and O–H groups in total. The van der Waals surface area contributed by atoms with Crippen molar-refractivity contribution in [1.82, 2.24) is 0 Å². The predicted octanol–water partition coefficient (Wildman–Crippen LogP) is 2.98. The molecule has 0 saturated heterocycles. The third kappa shape index (κ3) is 1.98. The Labute approximate surface area is 103 Å². The van der Waals surface area contributed by atoms with Gasteiger partial charge in [0.1, 0.15) is 0 Å². The van der Waals surface area contributed by atoms with E-state index in [1.165, 1.54) is 0 Å². The van der Waals surface area contributed by atoms with Crippen LogP contribution in [-0.4, -0.2) is 11.1 Å². The van der Waals surface area contributed by atoms with Crippen LogP contribution in [0.3, 0.4) is 0 Å². The molecule has 0 aliphatic heterocycles. The zero-order valence-electron chi connectivity index (χ0n) is 9.02. The molecule has 2 aromatic carbocycles. The van der Waals surface area contributed by atoms with E-state index in [1.807, 2.05) is 43.3 Å². The van der Waals surface area contributed by atoms with Crippen LogP contribution in [0.5, 0.6) is 0 Å². The number of rotatable bonds is 2. The molecular formula is C13H14BrNO. The van der Waals surface area contributed by atoms with Gasteiger partial charge in [0.25, 0.3) is 0 Å². The third-order valence-electron chi connectivity index (χ3n) is 2.72. The molecular weight excluding hydrogens is 266 g/mol. The highest BCUT2D eigenvalue weighted by atomic mass is 79.9. The van der Waals surface area contributed by atoms with Crippen molar-refractivity contribution in [2.24, 2.45) is 5.73 Å². The van der Waals surface area contributed by atoms with Crippen LogP contribution in [0, 0.1) is 0 Å². The molecule has 0 spiro atoms. The molecule has 16 heavy (non-hydrogen) atoms. The number of hydrogen-bond acceptors (Lipinski definition) is 2. The van der Waals surface area contributed by atoms with Crippen molar-refractivity contribution in [1.29, 1.82) is 0 Å². The summed E-state index contributed by atoms with van der Waals surface area (Å²) >= 11 is 3.50. The number of benzene rings is 2. The molecule has 0 saturated carbocycles. The molecule has 0 aliphatic rings. The van der Waals surface area contributed by atoms with E-state index in [0.717, 1.165) is 20.8 Å². The molecule has 0 aliphatic carbocycles. The Bertz CT molecular complexity index is 510. The number of aliphatic hydroxyl groups excluding tert-OH is 1. The quantitative estimate of drug-likeness (QED) is 0.888. The van der Waals surface area contributed by atoms with Gasteiger partial charge in [0, 0.05) is 10.5 Å². The third-order valence-corrected chi connectivity index (χ3v) is 3.41. The number of halogens is 1. The number of fused-ring (bicyclic) bond motifs is 1. The van der Waals surface area contributed by atoms with E-state index in [9.17, 15) is 5.11 Å². The Kier molecular flexibility index (Phi) is 3.28. The molecule has 0 bridgehead atoms. The monoisotopic (exact) mass is 279 g/mol. The van der Waals surface area contributed by atoms with Gasteiger partial charge in [-0.05, 0) is 29.3 Å². The summed E-state index contributed by atoms with van der Waals surface area (Å²) in [7, 11) is 0. The van der Waals surface area contributed by atoms with Crippen LogP contribution < -0.4 is 5.73 Å². The highest BCUT2D eigenvalue weighted by molar-refractivity contribution is 9.10. The van der Waals surface area contributed by atoms with Crippen molar-refractivity contribution in [2.45, 2.75) is 19.1 Å². The average Bonchev–Trinajstić information content (AvgIpc) is 2.28. The maximum Gasteiger partial charge on any atom is 0.0944 e. The Morgan fingerprint density at radius 1 is 1.12 bits per heavy atom. The highest BCUT2D eigenvalue weighted by Crippen LogP contribution is 2.30. The largest absolute Gasteiger partial charge is 0.387 e. The molecule has 0 amide bonds. The van der Waals surface area contributed by atoms with E-state index in [2.05, 4.69) is 15.9 Å². The van der Waals surface area contributed by atoms with Crippen LogP contribution in [0.4, 0.5) is 0 Å². The van der Waals surface area contributed by atoms with Crippen molar-refractivity contribution in [2.75, 3.05) is 0 Å². The van der Waals surface area contributed by atoms with Gasteiger partial charge in [-0.1, -0.05) is 46.3 Å². The normalized spacial score (nSPS) is 15.0. The van der Waals surface area contributed by atoms with Gasteiger partial charge in [-0.15, -0.1) is 0 Å². The Morgan fingerprint density at radius 2 is 1.75 bits per heavy atom. The first-order chi connectivity index (χ1) is 7.61. The van der Waals surface area contributed by atoms with E-state index in [-0.39, 0.29) is 6.04 Å². The molecule has 0 heterocycles. The van der Waals surface area contributed by atoms with Gasteiger partial charge in [-0.3, -0.25) is 0 Å². The fraction of sp³-hybridized carbons (Fsp3) is 0.231. The summed E-state index contributed by atoms with van der Waals surface area (Å²) < 4.78 is 1.03. The SMILES string of the molecule is C[C@@H](N)[C@@H](O)c1cccc2c(Br)cccc12. The minimum Gasteiger partial charge on any atom is -0.387 e. The molecule has 0 fully saturated rings. The van der Waals surface area contributed by atoms with Gasteiger partial charge in [-0.2, -0.15) is 0 Å². The van der Waals surface area contributed by atoms with E-state index in [1.54, 1.807) is 0 Å². The first-order valence-corrected chi connectivity index (χ1v) is 6.01. The maximum absolute atomic E-state index is 10.0. The zero-order chi connectivity index (χ0) is 11.7. The summed E-state index contributed by atoms with van der Waals surface area (Å²) in [6, 6.07) is 11.6. The minimum absolute atomic E-state index is 0.274. The van der Waals surface area contributed by atoms with Crippen molar-refractivity contribution < 1.29 is 5.11 Å². The second-order valence-corrected chi connectivity index (χ2v) is 4.84. The predicted molar refractivity (Wildman–Crippen MR) is 70.3 cm³/mol. The van der Waals surface area contributed by atoms with E-state index >= 15 is 0 Å². The van der Waals surface area contributed by atoms with Crippen LogP contribution in [0.25, 0.3) is 10.8 Å². The summed E-state index contributed by atoms with van der Waals surface area (Å²) in [5, 5.41) is 12.2. The molecule has 2 rings (SSSR count). The molecule has 2 aromatic rings. The Morgan fingerprint density at radius 3 is 2.44 bits per heavy atom. The summed E-state index contributed by atoms with van der Waals surface area (Å²) in [6.45, 7) is 1.81. The molecule has 84 valence electrons. The molecule has 2 nitrogen and oxygen atoms in total. The van der Waals surface area contributed by atoms with Gasteiger partial charge >= 0.3 is 0 Å². The lowest BCUT2D eigenvalue weighted by atomic mass is 9.97. The van der Waals surface area contributed by atoms with Gasteiger partial charge < -0.3 is 10.8 Å². The van der Waals surface area contributed by atoms with Crippen molar-refractivity contribution >= 4 is 26.7 Å². The van der Waals surface area contributed by atoms with E-state index < -0.39 is 6.10 Å². The minimum atomic E-state index is -0.627. The lowest BCUT2D eigenvalue weighted by Gasteiger charge is -2.17. The topological polar surface area (TPSA) is 46.2 Å². The summed E-state index contributed by atoms with van der Waals surface area (Å²) in [5.74, 6) is 0. The lowest BCUT2D eigenvalue weighted by Crippen LogP contribution is -2.24. The van der Waals surface area contributed by atoms with Gasteiger partial charge in [-0.25, -0.2) is 0 Å². The standard InChI is InChI=1S/C13H14BrNO/c1-8(15)13(16)11-6-2-5-10-9(11)4-3-7-12(10)14/h2-8,13,16H,15H2,1H3/t8-,13-/m1/s1. The number of nitrogens with two attached hydrogens (primary N) is 1. The van der Waals surface area contributed by atoms with Crippen LogP contribution >= 0.6 is 15.9 Å². The molecule has 0 radical (unpaired) electrons. The van der Waals surface area contributed by atoms with Crippen LogP contribution in [0.15, 0.2) is 40.9 Å². The first-order valence-electron chi connectivity index (χ1n) is 5.22. The van der Waals surface area contributed by atoms with Crippen LogP contribution in [0.1, 0.15) is 18.6 Å². The molecule has 0 unspecified atom stereocenters. The second-order valence-electron chi connectivity index (χ2n) is 3.99. The molecule has 3 heteroatoms. The van der Waals surface area contributed by atoms with E-state index in [4.69, 9.17) is 5.73 Å². The van der Waals surface area contributed by atoms with E-state index in [0.29, 0.717) is 0 Å². The number of aliphatic hydroxyl groups is 1. The summed E-state index contributed by atoms with van der Waals surface area (Å²) in [6.07, 6.45) is -0.627. The molecule has 0 aromatic heterocycles. The van der Waals surface area contributed by atoms with Gasteiger partial charge in [0.2, 0.25) is 0 Å². The van der Waals surface area contributed by atoms with Crippen molar-refractivity contribution in [3.63, 3.8) is 0 Å². The fourth-order valence-corrected chi connectivity index (χ4v) is 2.34. The molecule has 2 atom stereocenters. The van der Waals surface area contributed by atoms with Crippen molar-refractivity contribution in [3.05, 3.63) is 46.4 Å².